The minimum absolute atomic E-state index is 0.171. The van der Waals surface area contributed by atoms with Crippen molar-refractivity contribution in [2.45, 2.75) is 24.3 Å². The highest BCUT2D eigenvalue weighted by Gasteiger charge is 2.27. The first-order valence-corrected chi connectivity index (χ1v) is 6.37. The zero-order chi connectivity index (χ0) is 10.9. The molecule has 0 aliphatic carbocycles. The molecule has 0 saturated carbocycles. The van der Waals surface area contributed by atoms with E-state index in [1.54, 1.807) is 0 Å². The normalized spacial score (nSPS) is 18.5. The molecule has 2 N–H and O–H groups in total. The maximum atomic E-state index is 12.0. The summed E-state index contributed by atoms with van der Waals surface area (Å²) in [4.78, 5) is 2.97. The van der Waals surface area contributed by atoms with Crippen molar-refractivity contribution in [3.8, 4) is 0 Å². The van der Waals surface area contributed by atoms with Crippen LogP contribution in [0.1, 0.15) is 18.5 Å². The van der Waals surface area contributed by atoms with Gasteiger partial charge in [-0.1, -0.05) is 0 Å². The summed E-state index contributed by atoms with van der Waals surface area (Å²) in [6.45, 7) is 1.03. The van der Waals surface area contributed by atoms with Crippen LogP contribution in [0.2, 0.25) is 0 Å². The van der Waals surface area contributed by atoms with Crippen LogP contribution in [-0.4, -0.2) is 35.9 Å². The van der Waals surface area contributed by atoms with Crippen molar-refractivity contribution in [1.29, 1.82) is 0 Å². The zero-order valence-corrected chi connectivity index (χ0v) is 9.13. The number of H-pyrrole nitrogens is 1. The molecule has 2 heterocycles. The van der Waals surface area contributed by atoms with Gasteiger partial charge in [-0.2, -0.15) is 4.31 Å². The molecule has 15 heavy (non-hydrogen) atoms. The van der Waals surface area contributed by atoms with Gasteiger partial charge in [-0.3, -0.25) is 0 Å². The Hall–Kier alpha value is -0.850. The summed E-state index contributed by atoms with van der Waals surface area (Å²) in [5.74, 6) is 0. The van der Waals surface area contributed by atoms with E-state index in [2.05, 4.69) is 4.98 Å². The number of nitrogens with zero attached hydrogens (tertiary/aromatic N) is 1. The Morgan fingerprint density at radius 2 is 2.07 bits per heavy atom. The molecule has 0 amide bonds. The smallest absolute Gasteiger partial charge is 0.244 e. The van der Waals surface area contributed by atoms with Crippen LogP contribution in [0.4, 0.5) is 0 Å². The maximum absolute atomic E-state index is 12.0. The van der Waals surface area contributed by atoms with E-state index >= 15 is 0 Å². The SMILES string of the molecule is O=S(=O)(c1c[nH]c(CO)c1)N1CCCC1. The molecule has 6 heteroatoms. The summed E-state index contributed by atoms with van der Waals surface area (Å²) in [6.07, 6.45) is 3.28. The van der Waals surface area contributed by atoms with Gasteiger partial charge in [0.2, 0.25) is 10.0 Å². The average molecular weight is 230 g/mol. The van der Waals surface area contributed by atoms with E-state index in [9.17, 15) is 8.42 Å². The van der Waals surface area contributed by atoms with Crippen molar-refractivity contribution in [1.82, 2.24) is 9.29 Å². The Bertz CT molecular complexity index is 432. The van der Waals surface area contributed by atoms with E-state index in [0.717, 1.165) is 12.8 Å². The Labute approximate surface area is 88.8 Å². The molecule has 0 radical (unpaired) electrons. The summed E-state index contributed by atoms with van der Waals surface area (Å²) in [5.41, 5.74) is 0.521. The van der Waals surface area contributed by atoms with Crippen LogP contribution in [0.5, 0.6) is 0 Å². The van der Waals surface area contributed by atoms with Crippen LogP contribution >= 0.6 is 0 Å². The first-order chi connectivity index (χ1) is 7.14. The van der Waals surface area contributed by atoms with Gasteiger partial charge in [-0.25, -0.2) is 8.42 Å². The highest BCUT2D eigenvalue weighted by atomic mass is 32.2. The van der Waals surface area contributed by atoms with Gasteiger partial charge in [0.05, 0.1) is 11.5 Å². The fourth-order valence-electron chi connectivity index (χ4n) is 1.74. The van der Waals surface area contributed by atoms with Crippen LogP contribution in [-0.2, 0) is 16.6 Å². The molecule has 0 bridgehead atoms. The molecule has 0 unspecified atom stereocenters. The van der Waals surface area contributed by atoms with Crippen LogP contribution in [0.15, 0.2) is 17.2 Å². The highest BCUT2D eigenvalue weighted by Crippen LogP contribution is 2.21. The molecule has 0 atom stereocenters. The van der Waals surface area contributed by atoms with Gasteiger partial charge in [-0.15, -0.1) is 0 Å². The van der Waals surface area contributed by atoms with E-state index in [0.29, 0.717) is 18.8 Å². The predicted octanol–water partition coefficient (Wildman–Crippen LogP) is 0.292. The first kappa shape index (κ1) is 10.7. The topological polar surface area (TPSA) is 73.4 Å². The molecule has 1 fully saturated rings. The molecule has 1 saturated heterocycles. The van der Waals surface area contributed by atoms with Crippen molar-refractivity contribution in [2.75, 3.05) is 13.1 Å². The molecule has 1 aromatic heterocycles. The molecule has 1 aliphatic rings. The Balaban J connectivity index is 2.28. The van der Waals surface area contributed by atoms with Crippen molar-refractivity contribution >= 4 is 10.0 Å². The predicted molar refractivity (Wildman–Crippen MR) is 54.7 cm³/mol. The Kier molecular flexibility index (Phi) is 2.81. The number of hydrogen-bond acceptors (Lipinski definition) is 3. The Morgan fingerprint density at radius 3 is 2.60 bits per heavy atom. The molecule has 5 nitrogen and oxygen atoms in total. The fraction of sp³-hybridized carbons (Fsp3) is 0.556. The number of aromatic amines is 1. The highest BCUT2D eigenvalue weighted by molar-refractivity contribution is 7.89. The molecule has 2 rings (SSSR count). The van der Waals surface area contributed by atoms with E-state index in [4.69, 9.17) is 5.11 Å². The number of aromatic nitrogens is 1. The standard InChI is InChI=1S/C9H14N2O3S/c12-7-8-5-9(6-10-8)15(13,14)11-3-1-2-4-11/h5-6,10,12H,1-4,7H2. The summed E-state index contributed by atoms with van der Waals surface area (Å²) in [7, 11) is -3.34. The molecule has 0 spiro atoms. The molecular weight excluding hydrogens is 216 g/mol. The fourth-order valence-corrected chi connectivity index (χ4v) is 3.27. The minimum atomic E-state index is -3.34. The number of aliphatic hydroxyl groups is 1. The lowest BCUT2D eigenvalue weighted by molar-refractivity contribution is 0.277. The number of hydrogen-bond donors (Lipinski definition) is 2. The number of sulfonamides is 1. The van der Waals surface area contributed by atoms with E-state index in [1.807, 2.05) is 0 Å². The number of rotatable bonds is 3. The summed E-state index contributed by atoms with van der Waals surface area (Å²) in [6, 6.07) is 1.48. The van der Waals surface area contributed by atoms with Crippen LogP contribution in [0.25, 0.3) is 0 Å². The van der Waals surface area contributed by atoms with Gasteiger partial charge in [-0.05, 0) is 18.9 Å². The van der Waals surface area contributed by atoms with Gasteiger partial charge in [0.1, 0.15) is 0 Å². The van der Waals surface area contributed by atoms with Crippen molar-refractivity contribution in [2.24, 2.45) is 0 Å². The van der Waals surface area contributed by atoms with E-state index in [-0.39, 0.29) is 11.5 Å². The van der Waals surface area contributed by atoms with E-state index in [1.165, 1.54) is 16.6 Å². The van der Waals surface area contributed by atoms with E-state index < -0.39 is 10.0 Å². The Morgan fingerprint density at radius 1 is 1.40 bits per heavy atom. The second kappa shape index (κ2) is 3.96. The molecule has 84 valence electrons. The maximum Gasteiger partial charge on any atom is 0.244 e. The van der Waals surface area contributed by atoms with Gasteiger partial charge in [0, 0.05) is 25.0 Å². The van der Waals surface area contributed by atoms with Gasteiger partial charge in [0.15, 0.2) is 0 Å². The monoisotopic (exact) mass is 230 g/mol. The zero-order valence-electron chi connectivity index (χ0n) is 8.31. The van der Waals surface area contributed by atoms with Crippen LogP contribution in [0, 0.1) is 0 Å². The van der Waals surface area contributed by atoms with Crippen molar-refractivity contribution < 1.29 is 13.5 Å². The summed E-state index contributed by atoms with van der Waals surface area (Å²) in [5, 5.41) is 8.84. The lowest BCUT2D eigenvalue weighted by atomic mass is 10.4. The molecular formula is C9H14N2O3S. The lowest BCUT2D eigenvalue weighted by Gasteiger charge is -2.13. The number of aliphatic hydroxyl groups excluding tert-OH is 1. The van der Waals surface area contributed by atoms with Gasteiger partial charge < -0.3 is 10.1 Å². The van der Waals surface area contributed by atoms with Crippen molar-refractivity contribution in [3.05, 3.63) is 18.0 Å². The second-order valence-corrected chi connectivity index (χ2v) is 5.57. The molecule has 1 aliphatic heterocycles. The van der Waals surface area contributed by atoms with Crippen molar-refractivity contribution in [3.63, 3.8) is 0 Å². The molecule has 0 aromatic carbocycles. The largest absolute Gasteiger partial charge is 0.390 e. The third-order valence-electron chi connectivity index (χ3n) is 2.59. The summed E-state index contributed by atoms with van der Waals surface area (Å²) < 4.78 is 25.5. The third kappa shape index (κ3) is 1.92. The van der Waals surface area contributed by atoms with Crippen LogP contribution in [0.3, 0.4) is 0 Å². The van der Waals surface area contributed by atoms with Gasteiger partial charge in [0.25, 0.3) is 0 Å². The second-order valence-electron chi connectivity index (χ2n) is 3.63. The third-order valence-corrected chi connectivity index (χ3v) is 4.47. The van der Waals surface area contributed by atoms with Crippen LogP contribution < -0.4 is 0 Å². The summed E-state index contributed by atoms with van der Waals surface area (Å²) >= 11 is 0. The average Bonchev–Trinajstić information content (AvgIpc) is 2.89. The minimum Gasteiger partial charge on any atom is -0.390 e. The lowest BCUT2D eigenvalue weighted by Crippen LogP contribution is -2.27. The molecule has 1 aromatic rings. The van der Waals surface area contributed by atoms with Gasteiger partial charge >= 0.3 is 0 Å². The quantitative estimate of drug-likeness (QED) is 0.784. The number of nitrogens with one attached hydrogen (secondary N) is 1. The first-order valence-electron chi connectivity index (χ1n) is 4.93.